The monoisotopic (exact) mass is 271 g/mol. The van der Waals surface area contributed by atoms with Gasteiger partial charge in [0.1, 0.15) is 4.90 Å². The lowest BCUT2D eigenvalue weighted by Gasteiger charge is -2.17. The van der Waals surface area contributed by atoms with E-state index in [0.717, 1.165) is 12.2 Å². The highest BCUT2D eigenvalue weighted by molar-refractivity contribution is 7.89. The van der Waals surface area contributed by atoms with E-state index in [1.165, 1.54) is 6.07 Å². The Labute approximate surface area is 109 Å². The van der Waals surface area contributed by atoms with Crippen molar-refractivity contribution in [2.45, 2.75) is 25.7 Å². The molecule has 0 fully saturated rings. The lowest BCUT2D eigenvalue weighted by Crippen LogP contribution is -2.17. The van der Waals surface area contributed by atoms with Gasteiger partial charge in [-0.1, -0.05) is 20.8 Å². The maximum absolute atomic E-state index is 11.2. The number of nitrogens with two attached hydrogens (primary N) is 2. The maximum Gasteiger partial charge on any atom is 0.240 e. The normalized spacial score (nSPS) is 13.6. The van der Waals surface area contributed by atoms with Crippen LogP contribution in [0, 0.1) is 11.8 Å². The van der Waals surface area contributed by atoms with Gasteiger partial charge in [-0.3, -0.25) is 0 Å². The Kier molecular flexibility index (Phi) is 4.59. The van der Waals surface area contributed by atoms with Crippen molar-refractivity contribution in [1.82, 2.24) is 0 Å². The van der Waals surface area contributed by atoms with Crippen LogP contribution < -0.4 is 16.2 Å². The van der Waals surface area contributed by atoms with Crippen LogP contribution in [0.3, 0.4) is 0 Å². The summed E-state index contributed by atoms with van der Waals surface area (Å²) in [4.78, 5) is -0.0371. The number of benzene rings is 1. The Morgan fingerprint density at radius 2 is 1.89 bits per heavy atom. The summed E-state index contributed by atoms with van der Waals surface area (Å²) in [5.74, 6) is 1.10. The zero-order chi connectivity index (χ0) is 13.9. The molecule has 1 rings (SSSR count). The molecule has 102 valence electrons. The summed E-state index contributed by atoms with van der Waals surface area (Å²) < 4.78 is 22.4. The van der Waals surface area contributed by atoms with Crippen LogP contribution in [-0.4, -0.2) is 15.0 Å². The summed E-state index contributed by atoms with van der Waals surface area (Å²) >= 11 is 0. The second-order valence-electron chi connectivity index (χ2n) is 4.90. The van der Waals surface area contributed by atoms with Crippen molar-refractivity contribution in [3.8, 4) is 0 Å². The van der Waals surface area contributed by atoms with Crippen LogP contribution in [0.25, 0.3) is 0 Å². The lowest BCUT2D eigenvalue weighted by atomic mass is 9.98. The van der Waals surface area contributed by atoms with Gasteiger partial charge in [0.2, 0.25) is 10.0 Å². The Hall–Kier alpha value is -1.27. The van der Waals surface area contributed by atoms with Gasteiger partial charge in [0.25, 0.3) is 0 Å². The van der Waals surface area contributed by atoms with E-state index in [-0.39, 0.29) is 10.6 Å². The van der Waals surface area contributed by atoms with Gasteiger partial charge in [0, 0.05) is 12.2 Å². The zero-order valence-corrected chi connectivity index (χ0v) is 11.8. The molecule has 1 aromatic rings. The number of hydrogen-bond acceptors (Lipinski definition) is 4. The number of hydrogen-bond donors (Lipinski definition) is 3. The van der Waals surface area contributed by atoms with Crippen molar-refractivity contribution < 1.29 is 8.42 Å². The van der Waals surface area contributed by atoms with Crippen molar-refractivity contribution >= 4 is 21.4 Å². The molecule has 5 nitrogen and oxygen atoms in total. The fraction of sp³-hybridized carbons (Fsp3) is 0.500. The van der Waals surface area contributed by atoms with Crippen molar-refractivity contribution in [1.29, 1.82) is 0 Å². The summed E-state index contributed by atoms with van der Waals surface area (Å²) in [5, 5.41) is 8.27. The van der Waals surface area contributed by atoms with Gasteiger partial charge in [0.05, 0.1) is 5.69 Å². The molecule has 0 aliphatic carbocycles. The molecule has 1 atom stereocenters. The first-order valence-electron chi connectivity index (χ1n) is 5.88. The first-order chi connectivity index (χ1) is 8.21. The number of sulfonamides is 1. The third kappa shape index (κ3) is 3.89. The van der Waals surface area contributed by atoms with Crippen LogP contribution in [0.2, 0.25) is 0 Å². The number of primary sulfonamides is 1. The highest BCUT2D eigenvalue weighted by Gasteiger charge is 2.12. The van der Waals surface area contributed by atoms with E-state index in [9.17, 15) is 8.42 Å². The number of nitrogens with one attached hydrogen (secondary N) is 1. The van der Waals surface area contributed by atoms with E-state index in [4.69, 9.17) is 10.9 Å². The fourth-order valence-electron chi connectivity index (χ4n) is 1.43. The van der Waals surface area contributed by atoms with Gasteiger partial charge >= 0.3 is 0 Å². The molecule has 5 N–H and O–H groups in total. The third-order valence-corrected chi connectivity index (χ3v) is 4.07. The molecule has 0 radical (unpaired) electrons. The first kappa shape index (κ1) is 14.8. The largest absolute Gasteiger partial charge is 0.398 e. The Balaban J connectivity index is 2.80. The molecule has 1 unspecified atom stereocenters. The van der Waals surface area contributed by atoms with Gasteiger partial charge in [-0.25, -0.2) is 13.6 Å². The molecule has 0 saturated heterocycles. The van der Waals surface area contributed by atoms with Crippen LogP contribution in [-0.2, 0) is 10.0 Å². The van der Waals surface area contributed by atoms with E-state index in [1.54, 1.807) is 12.1 Å². The van der Waals surface area contributed by atoms with Crippen LogP contribution in [0.5, 0.6) is 0 Å². The molecular formula is C12H21N3O2S. The Bertz CT molecular complexity index is 512. The predicted molar refractivity (Wildman–Crippen MR) is 74.7 cm³/mol. The van der Waals surface area contributed by atoms with Crippen LogP contribution in [0.1, 0.15) is 20.8 Å². The van der Waals surface area contributed by atoms with Gasteiger partial charge < -0.3 is 11.1 Å². The predicted octanol–water partition coefficient (Wildman–Crippen LogP) is 1.62. The highest BCUT2D eigenvalue weighted by atomic mass is 32.2. The van der Waals surface area contributed by atoms with Gasteiger partial charge in [-0.15, -0.1) is 0 Å². The van der Waals surface area contributed by atoms with Crippen molar-refractivity contribution in [2.75, 3.05) is 17.6 Å². The molecule has 1 aromatic carbocycles. The molecule has 0 bridgehead atoms. The molecule has 0 saturated carbocycles. The summed E-state index contributed by atoms with van der Waals surface area (Å²) in [7, 11) is -3.75. The van der Waals surface area contributed by atoms with E-state index in [0.29, 0.717) is 11.8 Å². The van der Waals surface area contributed by atoms with Gasteiger partial charge in [-0.2, -0.15) is 0 Å². The van der Waals surface area contributed by atoms with Gasteiger partial charge in [0.15, 0.2) is 0 Å². The fourth-order valence-corrected chi connectivity index (χ4v) is 2.08. The highest BCUT2D eigenvalue weighted by Crippen LogP contribution is 2.22. The van der Waals surface area contributed by atoms with Crippen LogP contribution in [0.15, 0.2) is 23.1 Å². The third-order valence-electron chi connectivity index (χ3n) is 3.08. The maximum atomic E-state index is 11.2. The smallest absolute Gasteiger partial charge is 0.240 e. The summed E-state index contributed by atoms with van der Waals surface area (Å²) in [6, 6.07) is 4.68. The average molecular weight is 271 g/mol. The van der Waals surface area contributed by atoms with E-state index in [2.05, 4.69) is 26.1 Å². The summed E-state index contributed by atoms with van der Waals surface area (Å²) in [6.07, 6.45) is 0. The topological polar surface area (TPSA) is 98.2 Å². The molecule has 0 aliphatic rings. The minimum atomic E-state index is -3.75. The summed E-state index contributed by atoms with van der Waals surface area (Å²) in [6.45, 7) is 7.28. The van der Waals surface area contributed by atoms with E-state index >= 15 is 0 Å². The standard InChI is InChI=1S/C12H21N3O2S/c1-8(2)9(3)7-15-10-4-5-12(11(13)6-10)18(14,16)17/h4-6,8-9,15H,7,13H2,1-3H3,(H2,14,16,17). The first-order valence-corrected chi connectivity index (χ1v) is 7.42. The minimum Gasteiger partial charge on any atom is -0.398 e. The minimum absolute atomic E-state index is 0.0371. The van der Waals surface area contributed by atoms with Crippen LogP contribution in [0.4, 0.5) is 11.4 Å². The molecule has 18 heavy (non-hydrogen) atoms. The number of rotatable bonds is 5. The molecule has 0 aliphatic heterocycles. The molecule has 0 amide bonds. The SMILES string of the molecule is CC(C)C(C)CNc1ccc(S(N)(=O)=O)c(N)c1. The van der Waals surface area contributed by atoms with Crippen LogP contribution >= 0.6 is 0 Å². The second kappa shape index (κ2) is 5.58. The molecule has 0 spiro atoms. The van der Waals surface area contributed by atoms with Crippen molar-refractivity contribution in [2.24, 2.45) is 17.0 Å². The number of anilines is 2. The van der Waals surface area contributed by atoms with E-state index < -0.39 is 10.0 Å². The molecule has 0 heterocycles. The van der Waals surface area contributed by atoms with Crippen molar-refractivity contribution in [3.63, 3.8) is 0 Å². The van der Waals surface area contributed by atoms with E-state index in [1.807, 2.05) is 0 Å². The van der Waals surface area contributed by atoms with Gasteiger partial charge in [-0.05, 0) is 30.0 Å². The molecular weight excluding hydrogens is 250 g/mol. The quantitative estimate of drug-likeness (QED) is 0.709. The molecule has 6 heteroatoms. The Morgan fingerprint density at radius 3 is 2.33 bits per heavy atom. The Morgan fingerprint density at radius 1 is 1.28 bits per heavy atom. The summed E-state index contributed by atoms with van der Waals surface area (Å²) in [5.41, 5.74) is 6.64. The lowest BCUT2D eigenvalue weighted by molar-refractivity contribution is 0.440. The molecule has 0 aromatic heterocycles. The van der Waals surface area contributed by atoms with Crippen molar-refractivity contribution in [3.05, 3.63) is 18.2 Å². The second-order valence-corrected chi connectivity index (χ2v) is 6.43. The zero-order valence-electron chi connectivity index (χ0n) is 11.0. The number of nitrogen functional groups attached to an aromatic ring is 1. The average Bonchev–Trinajstić information content (AvgIpc) is 2.23.